The molecule has 0 unspecified atom stereocenters. The molecule has 0 amide bonds. The van der Waals surface area contributed by atoms with Crippen molar-refractivity contribution in [3.05, 3.63) is 192 Å². The lowest BCUT2D eigenvalue weighted by Gasteiger charge is -2.35. The molecule has 0 aromatic heterocycles. The number of benzene rings is 9. The quantitative estimate of drug-likeness (QED) is 0.131. The lowest BCUT2D eigenvalue weighted by molar-refractivity contribution is 0.383. The van der Waals surface area contributed by atoms with E-state index in [1.54, 1.807) is 0 Å². The molecule has 11 rings (SSSR count). The fourth-order valence-electron chi connectivity index (χ4n) is 8.56. The molecule has 0 fully saturated rings. The standard InChI is InChI=1S/C50H38O5P2Si/c1-58(2,57-54-47-29-25-35-15-5-9-19-39(35)43(47)32-44-40-20-10-6-16-36(40)26-30-48(44)55-57)50-22-12-11-21-49(50)53-56-51-45-27-23-33-13-3-7-17-37(33)41(45)31-42-38-18-8-4-14-34(38)24-28-46(42)52-56/h3-30H,31-32H2,1-2H3. The van der Waals surface area contributed by atoms with Gasteiger partial charge in [-0.2, -0.15) is 0 Å². The molecule has 0 atom stereocenters. The molecule has 0 bridgehead atoms. The smallest absolute Gasteiger partial charge is 0.442 e. The zero-order valence-corrected chi connectivity index (χ0v) is 34.8. The Kier molecular flexibility index (Phi) is 8.62. The zero-order chi connectivity index (χ0) is 38.8. The summed E-state index contributed by atoms with van der Waals surface area (Å²) in [7, 11) is -6.13. The molecule has 5 nitrogen and oxygen atoms in total. The van der Waals surface area contributed by atoms with Crippen molar-refractivity contribution in [1.82, 2.24) is 0 Å². The summed E-state index contributed by atoms with van der Waals surface area (Å²) < 4.78 is 35.0. The second-order valence-corrected chi connectivity index (χ2v) is 25.4. The van der Waals surface area contributed by atoms with Crippen LogP contribution < -0.4 is 27.8 Å². The summed E-state index contributed by atoms with van der Waals surface area (Å²) in [6.07, 6.45) is 1.37. The van der Waals surface area contributed by atoms with Crippen LogP contribution in [0, 0.1) is 0 Å². The lowest BCUT2D eigenvalue weighted by atomic mass is 9.93. The van der Waals surface area contributed by atoms with Gasteiger partial charge in [0.25, 0.3) is 7.92 Å². The molecule has 9 aromatic rings. The number of fused-ring (bicyclic) bond motifs is 12. The van der Waals surface area contributed by atoms with E-state index >= 15 is 0 Å². The van der Waals surface area contributed by atoms with Crippen molar-refractivity contribution in [3.8, 4) is 28.7 Å². The largest absolute Gasteiger partial charge is 0.530 e. The van der Waals surface area contributed by atoms with E-state index in [2.05, 4.69) is 171 Å². The predicted molar refractivity (Wildman–Crippen MR) is 242 cm³/mol. The van der Waals surface area contributed by atoms with E-state index in [1.165, 1.54) is 43.4 Å². The van der Waals surface area contributed by atoms with Crippen LogP contribution in [-0.4, -0.2) is 7.74 Å². The van der Waals surface area contributed by atoms with Crippen molar-refractivity contribution in [2.75, 3.05) is 0 Å². The average molecular weight is 809 g/mol. The highest BCUT2D eigenvalue weighted by Crippen LogP contribution is 2.55. The molecule has 0 saturated carbocycles. The fourth-order valence-corrected chi connectivity index (χ4v) is 15.5. The maximum atomic E-state index is 7.18. The van der Waals surface area contributed by atoms with Gasteiger partial charge in [0, 0.05) is 35.1 Å². The van der Waals surface area contributed by atoms with Crippen LogP contribution in [0.5, 0.6) is 28.7 Å². The minimum absolute atomic E-state index is 0.666. The van der Waals surface area contributed by atoms with Gasteiger partial charge in [0.05, 0.1) is 0 Å². The topological polar surface area (TPSA) is 46.2 Å². The van der Waals surface area contributed by atoms with Crippen molar-refractivity contribution in [3.63, 3.8) is 0 Å². The van der Waals surface area contributed by atoms with Gasteiger partial charge in [0.1, 0.15) is 28.7 Å². The van der Waals surface area contributed by atoms with Crippen LogP contribution in [0.25, 0.3) is 43.1 Å². The summed E-state index contributed by atoms with van der Waals surface area (Å²) >= 11 is 0. The van der Waals surface area contributed by atoms with Crippen molar-refractivity contribution in [2.24, 2.45) is 0 Å². The van der Waals surface area contributed by atoms with Crippen LogP contribution in [0.1, 0.15) is 22.3 Å². The first-order chi connectivity index (χ1) is 28.5. The maximum absolute atomic E-state index is 7.18. The third-order valence-corrected chi connectivity index (χ3v) is 20.0. The predicted octanol–water partition coefficient (Wildman–Crippen LogP) is 13.8. The third-order valence-electron chi connectivity index (χ3n) is 11.6. The molecule has 58 heavy (non-hydrogen) atoms. The number of hydrogen-bond acceptors (Lipinski definition) is 5. The molecule has 2 aliphatic heterocycles. The molecule has 0 spiro atoms. The lowest BCUT2D eigenvalue weighted by Crippen LogP contribution is -2.43. The van der Waals surface area contributed by atoms with Crippen LogP contribution in [0.3, 0.4) is 0 Å². The highest BCUT2D eigenvalue weighted by Gasteiger charge is 2.45. The van der Waals surface area contributed by atoms with Crippen LogP contribution in [-0.2, 0) is 12.8 Å². The van der Waals surface area contributed by atoms with Gasteiger partial charge in [0.2, 0.25) is 7.74 Å². The summed E-state index contributed by atoms with van der Waals surface area (Å²) in [5, 5.41) is 10.5. The average Bonchev–Trinajstić information content (AvgIpc) is 3.24. The van der Waals surface area contributed by atoms with E-state index < -0.39 is 24.3 Å². The van der Waals surface area contributed by atoms with E-state index in [4.69, 9.17) is 22.6 Å². The first-order valence-corrected chi connectivity index (χ1v) is 25.7. The molecule has 9 aromatic carbocycles. The fraction of sp³-hybridized carbons (Fsp3) is 0.0800. The molecule has 0 N–H and O–H groups in total. The first kappa shape index (κ1) is 35.3. The van der Waals surface area contributed by atoms with Gasteiger partial charge < -0.3 is 22.6 Å². The molecule has 282 valence electrons. The van der Waals surface area contributed by atoms with E-state index in [0.29, 0.717) is 18.6 Å². The van der Waals surface area contributed by atoms with E-state index in [0.717, 1.165) is 50.1 Å². The van der Waals surface area contributed by atoms with Crippen molar-refractivity contribution in [1.29, 1.82) is 0 Å². The van der Waals surface area contributed by atoms with Crippen LogP contribution in [0.4, 0.5) is 0 Å². The Morgan fingerprint density at radius 1 is 0.397 bits per heavy atom. The Hall–Kier alpha value is -5.90. The molecule has 0 radical (unpaired) electrons. The summed E-state index contributed by atoms with van der Waals surface area (Å²) in [6, 6.07) is 59.4. The summed E-state index contributed by atoms with van der Waals surface area (Å²) in [5.74, 6) is 3.98. The van der Waals surface area contributed by atoms with E-state index in [1.807, 2.05) is 12.1 Å². The number of hydrogen-bond donors (Lipinski definition) is 0. The van der Waals surface area contributed by atoms with Gasteiger partial charge >= 0.3 is 8.60 Å². The van der Waals surface area contributed by atoms with Crippen LogP contribution in [0.2, 0.25) is 13.1 Å². The van der Waals surface area contributed by atoms with Crippen molar-refractivity contribution < 1.29 is 22.6 Å². The zero-order valence-electron chi connectivity index (χ0n) is 32.0. The Bertz CT molecular complexity index is 2900. The minimum Gasteiger partial charge on any atom is -0.442 e. The summed E-state index contributed by atoms with van der Waals surface area (Å²) in [5.41, 5.74) is 4.60. The maximum Gasteiger partial charge on any atom is 0.530 e. The molecule has 0 saturated heterocycles. The van der Waals surface area contributed by atoms with Gasteiger partial charge in [-0.25, -0.2) is 0 Å². The molecular weight excluding hydrogens is 771 g/mol. The Morgan fingerprint density at radius 2 is 0.741 bits per heavy atom. The van der Waals surface area contributed by atoms with Crippen LogP contribution >= 0.6 is 16.5 Å². The molecule has 2 aliphatic rings. The minimum atomic E-state index is -2.68. The van der Waals surface area contributed by atoms with E-state index in [9.17, 15) is 0 Å². The molecule has 8 heteroatoms. The molecule has 0 aliphatic carbocycles. The SMILES string of the molecule is C[Si](C)(c1ccccc1OP1Oc2ccc3ccccc3c2Cc2c(ccc3ccccc23)O1)P1Oc2ccc3ccccc3c2Cc2c(ccc3ccccc23)O1. The Labute approximate surface area is 340 Å². The first-order valence-electron chi connectivity index (χ1n) is 19.6. The summed E-state index contributed by atoms with van der Waals surface area (Å²) in [6.45, 7) is 4.64. The normalized spacial score (nSPS) is 14.3. The molecule has 2 heterocycles. The monoisotopic (exact) mass is 808 g/mol. The van der Waals surface area contributed by atoms with Gasteiger partial charge in [-0.1, -0.05) is 153 Å². The molecular formula is C50H38O5P2Si. The van der Waals surface area contributed by atoms with Gasteiger partial charge in [-0.05, 0) is 78.6 Å². The third kappa shape index (κ3) is 6.07. The summed E-state index contributed by atoms with van der Waals surface area (Å²) in [4.78, 5) is 0. The second-order valence-electron chi connectivity index (χ2n) is 15.4. The van der Waals surface area contributed by atoms with Crippen LogP contribution in [0.15, 0.2) is 170 Å². The highest BCUT2D eigenvalue weighted by atomic mass is 31.4. The highest BCUT2D eigenvalue weighted by molar-refractivity contribution is 7.91. The van der Waals surface area contributed by atoms with Gasteiger partial charge in [-0.3, -0.25) is 0 Å². The van der Waals surface area contributed by atoms with E-state index in [-0.39, 0.29) is 0 Å². The second kappa shape index (κ2) is 14.2. The van der Waals surface area contributed by atoms with Crippen molar-refractivity contribution >= 4 is 72.5 Å². The Morgan fingerprint density at radius 3 is 1.16 bits per heavy atom. The Balaban J connectivity index is 1.02. The van der Waals surface area contributed by atoms with Gasteiger partial charge in [0.15, 0.2) is 0 Å². The van der Waals surface area contributed by atoms with Crippen molar-refractivity contribution in [2.45, 2.75) is 25.9 Å². The number of rotatable bonds is 4. The number of para-hydroxylation sites is 1. The van der Waals surface area contributed by atoms with Gasteiger partial charge in [-0.15, -0.1) is 0 Å².